The number of nitrogens with zero attached hydrogens (tertiary/aromatic N) is 1. The maximum absolute atomic E-state index is 12.2. The van der Waals surface area contributed by atoms with Gasteiger partial charge in [0.05, 0.1) is 0 Å². The number of hydrazone groups is 1. The molecule has 1 atom stereocenters. The number of nitrogens with one attached hydrogen (secondary N) is 1. The van der Waals surface area contributed by atoms with Crippen LogP contribution in [0.5, 0.6) is 0 Å². The van der Waals surface area contributed by atoms with E-state index >= 15 is 0 Å². The maximum atomic E-state index is 12.2. The van der Waals surface area contributed by atoms with Crippen LogP contribution in [-0.4, -0.2) is 16.3 Å². The number of benzene rings is 3. The summed E-state index contributed by atoms with van der Waals surface area (Å²) in [5.41, 5.74) is 7.09. The third kappa shape index (κ3) is 2.50. The van der Waals surface area contributed by atoms with Gasteiger partial charge < -0.3 is 0 Å². The standard InChI is InChI=1S/C21H16N2O/c24-21-20(18-14-8-3-9-15-18)23(22-21)19(16-10-4-1-5-11-16)17-12-6-2-7-13-17/h1-15,20H/p+1. The Bertz CT molecular complexity index is 845. The summed E-state index contributed by atoms with van der Waals surface area (Å²) in [5, 5.41) is 0. The van der Waals surface area contributed by atoms with Gasteiger partial charge in [-0.3, -0.25) is 4.79 Å². The Morgan fingerprint density at radius 2 is 1.17 bits per heavy atom. The molecule has 0 aromatic heterocycles. The molecule has 24 heavy (non-hydrogen) atoms. The number of rotatable bonds is 3. The van der Waals surface area contributed by atoms with E-state index in [9.17, 15) is 4.79 Å². The lowest BCUT2D eigenvalue weighted by Gasteiger charge is -2.25. The van der Waals surface area contributed by atoms with Crippen LogP contribution < -0.4 is 5.43 Å². The Morgan fingerprint density at radius 1 is 0.708 bits per heavy atom. The van der Waals surface area contributed by atoms with Crippen molar-refractivity contribution in [3.05, 3.63) is 108 Å². The zero-order valence-corrected chi connectivity index (χ0v) is 13.1. The summed E-state index contributed by atoms with van der Waals surface area (Å²) in [4.78, 5) is 12.2. The lowest BCUT2D eigenvalue weighted by molar-refractivity contribution is -0.644. The molecule has 1 heterocycles. The second-order valence-electron chi connectivity index (χ2n) is 5.74. The van der Waals surface area contributed by atoms with Crippen molar-refractivity contribution in [1.82, 2.24) is 5.43 Å². The van der Waals surface area contributed by atoms with E-state index in [0.717, 1.165) is 22.4 Å². The fourth-order valence-electron chi connectivity index (χ4n) is 3.05. The van der Waals surface area contributed by atoms with E-state index in [1.165, 1.54) is 0 Å². The van der Waals surface area contributed by atoms with E-state index in [4.69, 9.17) is 0 Å². The molecule has 0 aliphatic carbocycles. The third-order valence-electron chi connectivity index (χ3n) is 4.19. The predicted molar refractivity (Wildman–Crippen MR) is 93.7 cm³/mol. The van der Waals surface area contributed by atoms with Crippen molar-refractivity contribution < 1.29 is 9.48 Å². The minimum absolute atomic E-state index is 0.0190. The molecule has 3 heteroatoms. The van der Waals surface area contributed by atoms with Crippen LogP contribution in [0.2, 0.25) is 0 Å². The smallest absolute Gasteiger partial charge is 0.261 e. The molecule has 1 aliphatic rings. The fourth-order valence-corrected chi connectivity index (χ4v) is 3.05. The van der Waals surface area contributed by atoms with Gasteiger partial charge in [-0.05, 0) is 24.3 Å². The van der Waals surface area contributed by atoms with Crippen LogP contribution in [0.4, 0.5) is 0 Å². The van der Waals surface area contributed by atoms with Crippen molar-refractivity contribution >= 4 is 11.6 Å². The summed E-state index contributed by atoms with van der Waals surface area (Å²) in [6, 6.07) is 29.9. The number of amides is 1. The third-order valence-corrected chi connectivity index (χ3v) is 4.19. The molecule has 1 unspecified atom stereocenters. The van der Waals surface area contributed by atoms with Crippen molar-refractivity contribution in [2.45, 2.75) is 6.04 Å². The van der Waals surface area contributed by atoms with Gasteiger partial charge in [0.2, 0.25) is 5.71 Å². The zero-order valence-electron chi connectivity index (χ0n) is 13.1. The summed E-state index contributed by atoms with van der Waals surface area (Å²) in [5.74, 6) is 0.0190. The van der Waals surface area contributed by atoms with Crippen LogP contribution in [0.15, 0.2) is 91.0 Å². The minimum Gasteiger partial charge on any atom is -0.261 e. The number of hydrogen-bond acceptors (Lipinski definition) is 1. The molecule has 0 saturated carbocycles. The van der Waals surface area contributed by atoms with Crippen LogP contribution >= 0.6 is 0 Å². The van der Waals surface area contributed by atoms with Crippen molar-refractivity contribution in [3.63, 3.8) is 0 Å². The van der Waals surface area contributed by atoms with E-state index in [2.05, 4.69) is 29.7 Å². The van der Waals surface area contributed by atoms with Crippen molar-refractivity contribution in [2.24, 2.45) is 0 Å². The highest BCUT2D eigenvalue weighted by Crippen LogP contribution is 2.25. The minimum atomic E-state index is -0.304. The summed E-state index contributed by atoms with van der Waals surface area (Å²) in [7, 11) is 0. The van der Waals surface area contributed by atoms with Crippen LogP contribution in [0, 0.1) is 0 Å². The Balaban J connectivity index is 1.90. The topological polar surface area (TPSA) is 32.1 Å². The van der Waals surface area contributed by atoms with E-state index < -0.39 is 0 Å². The first-order valence-electron chi connectivity index (χ1n) is 7.97. The van der Waals surface area contributed by atoms with Crippen LogP contribution in [-0.2, 0) is 4.79 Å². The summed E-state index contributed by atoms with van der Waals surface area (Å²) in [6.07, 6.45) is 0. The van der Waals surface area contributed by atoms with E-state index in [-0.39, 0.29) is 11.9 Å². The Hall–Kier alpha value is -3.20. The molecule has 0 spiro atoms. The second kappa shape index (κ2) is 6.13. The van der Waals surface area contributed by atoms with Gasteiger partial charge in [-0.2, -0.15) is 0 Å². The first-order chi connectivity index (χ1) is 11.8. The first-order valence-corrected chi connectivity index (χ1v) is 7.97. The molecule has 0 bridgehead atoms. The van der Waals surface area contributed by atoms with Crippen LogP contribution in [0.25, 0.3) is 0 Å². The van der Waals surface area contributed by atoms with E-state index in [1.54, 1.807) is 0 Å². The normalized spacial score (nSPS) is 16.2. The second-order valence-corrected chi connectivity index (χ2v) is 5.74. The van der Waals surface area contributed by atoms with Gasteiger partial charge in [-0.25, -0.2) is 0 Å². The lowest BCUT2D eigenvalue weighted by atomic mass is 9.98. The van der Waals surface area contributed by atoms with Gasteiger partial charge in [0.1, 0.15) is 0 Å². The molecule has 4 rings (SSSR count). The molecule has 116 valence electrons. The molecule has 1 saturated heterocycles. The molecule has 3 aromatic rings. The van der Waals surface area contributed by atoms with Crippen LogP contribution in [0.3, 0.4) is 0 Å². The van der Waals surface area contributed by atoms with E-state index in [0.29, 0.717) is 0 Å². The fraction of sp³-hybridized carbons (Fsp3) is 0.0476. The van der Waals surface area contributed by atoms with Crippen molar-refractivity contribution in [1.29, 1.82) is 0 Å². The quantitative estimate of drug-likeness (QED) is 0.739. The highest BCUT2D eigenvalue weighted by Gasteiger charge is 2.47. The highest BCUT2D eigenvalue weighted by molar-refractivity contribution is 6.10. The monoisotopic (exact) mass is 313 g/mol. The molecule has 0 radical (unpaired) electrons. The lowest BCUT2D eigenvalue weighted by Crippen LogP contribution is -2.57. The van der Waals surface area contributed by atoms with Gasteiger partial charge in [0.15, 0.2) is 0 Å². The average Bonchev–Trinajstić information content (AvgIpc) is 2.64. The molecular weight excluding hydrogens is 296 g/mol. The first kappa shape index (κ1) is 14.4. The number of hydrazine groups is 1. The maximum Gasteiger partial charge on any atom is 0.350 e. The Kier molecular flexibility index (Phi) is 3.67. The van der Waals surface area contributed by atoms with Gasteiger partial charge in [0.25, 0.3) is 6.04 Å². The number of carbonyl (C=O) groups excluding carboxylic acids is 1. The van der Waals surface area contributed by atoms with Gasteiger partial charge in [0, 0.05) is 16.7 Å². The molecular formula is C21H17N2O+. The SMILES string of the molecule is O=C1N[N+](=C(c2ccccc2)c2ccccc2)C1c1ccccc1. The molecule has 3 nitrogen and oxygen atoms in total. The number of hydrogen-bond donors (Lipinski definition) is 1. The predicted octanol–water partition coefficient (Wildman–Crippen LogP) is 3.32. The summed E-state index contributed by atoms with van der Waals surface area (Å²) < 4.78 is 1.96. The van der Waals surface area contributed by atoms with Crippen molar-refractivity contribution in [2.75, 3.05) is 0 Å². The summed E-state index contributed by atoms with van der Waals surface area (Å²) >= 11 is 0. The molecule has 1 fully saturated rings. The van der Waals surface area contributed by atoms with Gasteiger partial charge in [-0.15, -0.1) is 5.43 Å². The van der Waals surface area contributed by atoms with Gasteiger partial charge in [-0.1, -0.05) is 71.4 Å². The van der Waals surface area contributed by atoms with Gasteiger partial charge >= 0.3 is 5.91 Å². The molecule has 1 aliphatic heterocycles. The molecule has 1 N–H and O–H groups in total. The number of carbonyl (C=O) groups is 1. The zero-order chi connectivity index (χ0) is 16.4. The average molecular weight is 313 g/mol. The van der Waals surface area contributed by atoms with E-state index in [1.807, 2.05) is 71.4 Å². The Labute approximate surface area is 140 Å². The summed E-state index contributed by atoms with van der Waals surface area (Å²) in [6.45, 7) is 0. The Morgan fingerprint density at radius 3 is 1.62 bits per heavy atom. The van der Waals surface area contributed by atoms with Crippen LogP contribution in [0.1, 0.15) is 22.7 Å². The molecule has 1 amide bonds. The molecule has 3 aromatic carbocycles. The van der Waals surface area contributed by atoms with Crippen molar-refractivity contribution in [3.8, 4) is 0 Å². The largest absolute Gasteiger partial charge is 0.350 e. The highest BCUT2D eigenvalue weighted by atomic mass is 16.2.